The lowest BCUT2D eigenvalue weighted by Crippen LogP contribution is -2.43. The Bertz CT molecular complexity index is 1180. The normalized spacial score (nSPS) is 13.8. The van der Waals surface area contributed by atoms with Crippen molar-refractivity contribution >= 4 is 11.9 Å². The zero-order chi connectivity index (χ0) is 26.6. The van der Waals surface area contributed by atoms with Crippen LogP contribution in [0.3, 0.4) is 0 Å². The molecule has 2 N–H and O–H groups in total. The van der Waals surface area contributed by atoms with Gasteiger partial charge in [-0.15, -0.1) is 0 Å². The van der Waals surface area contributed by atoms with E-state index in [0.717, 1.165) is 50.1 Å². The van der Waals surface area contributed by atoms with Crippen LogP contribution >= 0.6 is 0 Å². The molecule has 0 bridgehead atoms. The molecule has 0 atom stereocenters. The standard InChI is InChI=1S/C31H37N3O4/c35-30(28-12-4-9-26(21-28)23-32-14-6-11-25-7-2-1-3-8-25)34(16-15-33-17-19-38-20-18-33)24-27-10-5-13-29(22-27)31(36)37/h1-5,7-10,12-13,21-22,32H,6,11,14-20,23-24H2,(H,36,37). The van der Waals surface area contributed by atoms with Crippen LogP contribution in [0.25, 0.3) is 0 Å². The minimum Gasteiger partial charge on any atom is -0.478 e. The quantitative estimate of drug-likeness (QED) is 0.334. The van der Waals surface area contributed by atoms with Crippen molar-refractivity contribution < 1.29 is 19.4 Å². The lowest BCUT2D eigenvalue weighted by Gasteiger charge is -2.30. The SMILES string of the molecule is O=C(O)c1cccc(CN(CCN2CCOCC2)C(=O)c2cccc(CNCCCc3ccccc3)c2)c1. The van der Waals surface area contributed by atoms with Gasteiger partial charge in [-0.25, -0.2) is 4.79 Å². The smallest absolute Gasteiger partial charge is 0.335 e. The van der Waals surface area contributed by atoms with Gasteiger partial charge < -0.3 is 20.1 Å². The van der Waals surface area contributed by atoms with E-state index in [1.165, 1.54) is 5.56 Å². The van der Waals surface area contributed by atoms with Crippen LogP contribution in [-0.4, -0.2) is 72.7 Å². The molecule has 1 heterocycles. The number of carboxylic acids is 1. The van der Waals surface area contributed by atoms with E-state index < -0.39 is 5.97 Å². The molecule has 0 radical (unpaired) electrons. The van der Waals surface area contributed by atoms with Crippen LogP contribution in [0.4, 0.5) is 0 Å². The molecule has 1 saturated heterocycles. The maximum atomic E-state index is 13.7. The number of aromatic carboxylic acids is 1. The highest BCUT2D eigenvalue weighted by Crippen LogP contribution is 2.14. The Balaban J connectivity index is 1.38. The van der Waals surface area contributed by atoms with Gasteiger partial charge in [0, 0.05) is 44.8 Å². The second-order valence-corrected chi connectivity index (χ2v) is 9.65. The van der Waals surface area contributed by atoms with E-state index in [9.17, 15) is 14.7 Å². The molecule has 0 unspecified atom stereocenters. The van der Waals surface area contributed by atoms with Crippen molar-refractivity contribution in [1.82, 2.24) is 15.1 Å². The molecular weight excluding hydrogens is 478 g/mol. The van der Waals surface area contributed by atoms with Crippen molar-refractivity contribution in [1.29, 1.82) is 0 Å². The number of rotatable bonds is 13. The molecule has 3 aromatic carbocycles. The Hall–Kier alpha value is -3.52. The van der Waals surface area contributed by atoms with E-state index in [1.54, 1.807) is 18.2 Å². The summed E-state index contributed by atoms with van der Waals surface area (Å²) in [6.45, 7) is 6.36. The molecule has 1 amide bonds. The first-order valence-corrected chi connectivity index (χ1v) is 13.3. The summed E-state index contributed by atoms with van der Waals surface area (Å²) in [5.41, 5.74) is 4.08. The largest absolute Gasteiger partial charge is 0.478 e. The zero-order valence-electron chi connectivity index (χ0n) is 21.9. The number of nitrogens with one attached hydrogen (secondary N) is 1. The molecule has 0 aromatic heterocycles. The van der Waals surface area contributed by atoms with Crippen LogP contribution in [-0.2, 0) is 24.2 Å². The fourth-order valence-corrected chi connectivity index (χ4v) is 4.65. The Labute approximate surface area is 225 Å². The summed E-state index contributed by atoms with van der Waals surface area (Å²) in [6.07, 6.45) is 2.08. The minimum atomic E-state index is -0.970. The summed E-state index contributed by atoms with van der Waals surface area (Å²) in [6, 6.07) is 25.1. The molecule has 0 saturated carbocycles. The van der Waals surface area contributed by atoms with Crippen molar-refractivity contribution in [2.24, 2.45) is 0 Å². The maximum Gasteiger partial charge on any atom is 0.335 e. The van der Waals surface area contributed by atoms with Crippen molar-refractivity contribution in [2.75, 3.05) is 45.9 Å². The molecule has 38 heavy (non-hydrogen) atoms. The van der Waals surface area contributed by atoms with Crippen molar-refractivity contribution in [2.45, 2.75) is 25.9 Å². The van der Waals surface area contributed by atoms with E-state index in [2.05, 4.69) is 34.5 Å². The number of carbonyl (C=O) groups excluding carboxylic acids is 1. The number of morpholine rings is 1. The van der Waals surface area contributed by atoms with Gasteiger partial charge in [0.2, 0.25) is 0 Å². The van der Waals surface area contributed by atoms with Gasteiger partial charge in [0.25, 0.3) is 5.91 Å². The number of aryl methyl sites for hydroxylation is 1. The third-order valence-corrected chi connectivity index (χ3v) is 6.79. The third kappa shape index (κ3) is 8.52. The molecule has 4 rings (SSSR count). The molecule has 1 fully saturated rings. The van der Waals surface area contributed by atoms with Gasteiger partial charge in [-0.05, 0) is 60.3 Å². The number of hydrogen-bond acceptors (Lipinski definition) is 5. The molecule has 1 aliphatic rings. The molecule has 1 aliphatic heterocycles. The molecule has 200 valence electrons. The van der Waals surface area contributed by atoms with Crippen molar-refractivity contribution in [3.63, 3.8) is 0 Å². The van der Waals surface area contributed by atoms with Crippen LogP contribution < -0.4 is 5.32 Å². The maximum absolute atomic E-state index is 13.7. The Kier molecular flexibility index (Phi) is 10.4. The number of carboxylic acid groups (broad SMARTS) is 1. The van der Waals surface area contributed by atoms with Gasteiger partial charge in [-0.1, -0.05) is 54.6 Å². The van der Waals surface area contributed by atoms with Crippen LogP contribution in [0.2, 0.25) is 0 Å². The summed E-state index contributed by atoms with van der Waals surface area (Å²) in [7, 11) is 0. The molecule has 3 aromatic rings. The molecular formula is C31H37N3O4. The number of amides is 1. The highest BCUT2D eigenvalue weighted by atomic mass is 16.5. The topological polar surface area (TPSA) is 82.1 Å². The summed E-state index contributed by atoms with van der Waals surface area (Å²) < 4.78 is 5.45. The summed E-state index contributed by atoms with van der Waals surface area (Å²) in [4.78, 5) is 29.3. The lowest BCUT2D eigenvalue weighted by molar-refractivity contribution is 0.0320. The predicted octanol–water partition coefficient (Wildman–Crippen LogP) is 4.08. The second kappa shape index (κ2) is 14.4. The van der Waals surface area contributed by atoms with Crippen LogP contribution in [0, 0.1) is 0 Å². The van der Waals surface area contributed by atoms with Crippen molar-refractivity contribution in [3.05, 3.63) is 107 Å². The van der Waals surface area contributed by atoms with Gasteiger partial charge in [0.05, 0.1) is 18.8 Å². The number of nitrogens with zero attached hydrogens (tertiary/aromatic N) is 2. The predicted molar refractivity (Wildman–Crippen MR) is 148 cm³/mol. The van der Waals surface area contributed by atoms with Gasteiger partial charge in [-0.2, -0.15) is 0 Å². The van der Waals surface area contributed by atoms with Gasteiger partial charge in [0.1, 0.15) is 0 Å². The average molecular weight is 516 g/mol. The Morgan fingerprint density at radius 1 is 0.868 bits per heavy atom. The van der Waals surface area contributed by atoms with Crippen LogP contribution in [0.15, 0.2) is 78.9 Å². The van der Waals surface area contributed by atoms with E-state index >= 15 is 0 Å². The fourth-order valence-electron chi connectivity index (χ4n) is 4.65. The first kappa shape index (κ1) is 27.5. The zero-order valence-corrected chi connectivity index (χ0v) is 21.9. The number of benzene rings is 3. The minimum absolute atomic E-state index is 0.0510. The molecule has 0 aliphatic carbocycles. The second-order valence-electron chi connectivity index (χ2n) is 9.65. The van der Waals surface area contributed by atoms with Crippen molar-refractivity contribution in [3.8, 4) is 0 Å². The van der Waals surface area contributed by atoms with Crippen LogP contribution in [0.5, 0.6) is 0 Å². The fraction of sp³-hybridized carbons (Fsp3) is 0.355. The summed E-state index contributed by atoms with van der Waals surface area (Å²) >= 11 is 0. The van der Waals surface area contributed by atoms with E-state index in [0.29, 0.717) is 38.4 Å². The van der Waals surface area contributed by atoms with E-state index in [1.807, 2.05) is 41.3 Å². The summed E-state index contributed by atoms with van der Waals surface area (Å²) in [5, 5.41) is 12.9. The highest BCUT2D eigenvalue weighted by Gasteiger charge is 2.19. The number of ether oxygens (including phenoxy) is 1. The average Bonchev–Trinajstić information content (AvgIpc) is 2.96. The Morgan fingerprint density at radius 3 is 2.32 bits per heavy atom. The molecule has 0 spiro atoms. The van der Waals surface area contributed by atoms with E-state index in [-0.39, 0.29) is 11.5 Å². The molecule has 7 nitrogen and oxygen atoms in total. The lowest BCUT2D eigenvalue weighted by atomic mass is 10.1. The Morgan fingerprint density at radius 2 is 1.55 bits per heavy atom. The first-order valence-electron chi connectivity index (χ1n) is 13.3. The first-order chi connectivity index (χ1) is 18.6. The monoisotopic (exact) mass is 515 g/mol. The number of hydrogen-bond donors (Lipinski definition) is 2. The van der Waals surface area contributed by atoms with Gasteiger partial charge in [0.15, 0.2) is 0 Å². The third-order valence-electron chi connectivity index (χ3n) is 6.79. The van der Waals surface area contributed by atoms with Gasteiger partial charge in [-0.3, -0.25) is 9.69 Å². The summed E-state index contributed by atoms with van der Waals surface area (Å²) in [5.74, 6) is -1.02. The number of carbonyl (C=O) groups is 2. The van der Waals surface area contributed by atoms with Gasteiger partial charge >= 0.3 is 5.97 Å². The van der Waals surface area contributed by atoms with E-state index in [4.69, 9.17) is 4.74 Å². The highest BCUT2D eigenvalue weighted by molar-refractivity contribution is 5.94. The molecule has 7 heteroatoms. The van der Waals surface area contributed by atoms with Crippen LogP contribution in [0.1, 0.15) is 43.8 Å².